The number of rotatable bonds is 3. The van der Waals surface area contributed by atoms with Crippen molar-refractivity contribution in [2.45, 2.75) is 6.92 Å². The lowest BCUT2D eigenvalue weighted by atomic mass is 10.2. The highest BCUT2D eigenvalue weighted by Gasteiger charge is 2.13. The molecule has 6 nitrogen and oxygen atoms in total. The van der Waals surface area contributed by atoms with Crippen LogP contribution in [0.25, 0.3) is 10.2 Å². The molecule has 132 valence electrons. The molecule has 0 fully saturated rings. The monoisotopic (exact) mass is 388 g/mol. The molecule has 26 heavy (non-hydrogen) atoms. The molecule has 2 aromatic carbocycles. The summed E-state index contributed by atoms with van der Waals surface area (Å²) >= 11 is 6.39. The summed E-state index contributed by atoms with van der Waals surface area (Å²) < 4.78 is 14.5. The first-order chi connectivity index (χ1) is 12.4. The number of halogens is 1. The number of nitrogens with one attached hydrogen (secondary N) is 3. The number of hydrogen-bond acceptors (Lipinski definition) is 5. The highest BCUT2D eigenvalue weighted by molar-refractivity contribution is 7.80. The Hall–Kier alpha value is -2.91. The average molecular weight is 388 g/mol. The number of anilines is 2. The van der Waals surface area contributed by atoms with Crippen LogP contribution in [-0.2, 0) is 4.79 Å². The molecule has 0 aliphatic rings. The quantitative estimate of drug-likeness (QED) is 0.598. The van der Waals surface area contributed by atoms with Crippen molar-refractivity contribution >= 4 is 61.5 Å². The predicted molar refractivity (Wildman–Crippen MR) is 104 cm³/mol. The van der Waals surface area contributed by atoms with Crippen LogP contribution in [0.5, 0.6) is 0 Å². The maximum absolute atomic E-state index is 13.6. The normalized spacial score (nSPS) is 10.4. The molecule has 9 heteroatoms. The number of thiazole rings is 1. The number of thiocarbonyl (C=S) groups is 1. The van der Waals surface area contributed by atoms with Crippen molar-refractivity contribution in [3.63, 3.8) is 0 Å². The van der Waals surface area contributed by atoms with Crippen molar-refractivity contribution in [3.05, 3.63) is 53.8 Å². The molecule has 0 spiro atoms. The van der Waals surface area contributed by atoms with Crippen LogP contribution in [0, 0.1) is 5.82 Å². The second kappa shape index (κ2) is 7.54. The van der Waals surface area contributed by atoms with Crippen molar-refractivity contribution < 1.29 is 14.0 Å². The van der Waals surface area contributed by atoms with E-state index < -0.39 is 11.7 Å². The molecule has 0 bridgehead atoms. The number of fused-ring (bicyclic) bond motifs is 1. The molecule has 0 saturated carbocycles. The van der Waals surface area contributed by atoms with Gasteiger partial charge in [0.25, 0.3) is 5.91 Å². The molecule has 0 atom stereocenters. The number of amides is 2. The summed E-state index contributed by atoms with van der Waals surface area (Å²) in [5.41, 5.74) is 1.28. The molecule has 0 saturated heterocycles. The van der Waals surface area contributed by atoms with Crippen LogP contribution >= 0.6 is 23.6 Å². The molecule has 1 aromatic heterocycles. The van der Waals surface area contributed by atoms with E-state index in [0.29, 0.717) is 10.8 Å². The van der Waals surface area contributed by atoms with E-state index in [1.807, 2.05) is 0 Å². The SMILES string of the molecule is CC(=O)Nc1ccc2nc(NC(=S)NC(=O)c3ccccc3F)sc2c1. The Labute approximate surface area is 157 Å². The van der Waals surface area contributed by atoms with Crippen LogP contribution in [0.3, 0.4) is 0 Å². The molecule has 0 aliphatic heterocycles. The molecule has 0 aliphatic carbocycles. The lowest BCUT2D eigenvalue weighted by Gasteiger charge is -2.07. The van der Waals surface area contributed by atoms with Gasteiger partial charge in [-0.25, -0.2) is 9.37 Å². The summed E-state index contributed by atoms with van der Waals surface area (Å²) in [6, 6.07) is 10.9. The Morgan fingerprint density at radius 3 is 2.65 bits per heavy atom. The Kier molecular flexibility index (Phi) is 5.19. The first kappa shape index (κ1) is 17.9. The number of carbonyl (C=O) groups excluding carboxylic acids is 2. The zero-order valence-corrected chi connectivity index (χ0v) is 15.1. The third-order valence-electron chi connectivity index (χ3n) is 3.27. The summed E-state index contributed by atoms with van der Waals surface area (Å²) in [6.45, 7) is 1.43. The predicted octanol–water partition coefficient (Wildman–Crippen LogP) is 3.52. The fraction of sp³-hybridized carbons (Fsp3) is 0.0588. The van der Waals surface area contributed by atoms with E-state index in [9.17, 15) is 14.0 Å². The van der Waals surface area contributed by atoms with Gasteiger partial charge in [0.15, 0.2) is 10.2 Å². The van der Waals surface area contributed by atoms with Gasteiger partial charge in [-0.2, -0.15) is 0 Å². The fourth-order valence-corrected chi connectivity index (χ4v) is 3.37. The number of benzene rings is 2. The Bertz CT molecular complexity index is 1020. The van der Waals surface area contributed by atoms with E-state index in [1.54, 1.807) is 24.3 Å². The molecule has 1 heterocycles. The third-order valence-corrected chi connectivity index (χ3v) is 4.41. The van der Waals surface area contributed by atoms with Crippen LogP contribution < -0.4 is 16.0 Å². The molecule has 0 unspecified atom stereocenters. The minimum atomic E-state index is -0.644. The largest absolute Gasteiger partial charge is 0.326 e. The van der Waals surface area contributed by atoms with Crippen molar-refractivity contribution in [1.82, 2.24) is 10.3 Å². The first-order valence-electron chi connectivity index (χ1n) is 7.47. The average Bonchev–Trinajstić information content (AvgIpc) is 2.95. The van der Waals surface area contributed by atoms with Crippen LogP contribution in [-0.4, -0.2) is 21.9 Å². The van der Waals surface area contributed by atoms with Crippen molar-refractivity contribution in [1.29, 1.82) is 0 Å². The van der Waals surface area contributed by atoms with E-state index in [1.165, 1.54) is 36.5 Å². The van der Waals surface area contributed by atoms with Crippen LogP contribution in [0.2, 0.25) is 0 Å². The Morgan fingerprint density at radius 1 is 1.15 bits per heavy atom. The number of nitrogens with zero attached hydrogens (tertiary/aromatic N) is 1. The van der Waals surface area contributed by atoms with Gasteiger partial charge >= 0.3 is 0 Å². The van der Waals surface area contributed by atoms with E-state index in [-0.39, 0.29) is 16.6 Å². The topological polar surface area (TPSA) is 83.1 Å². The molecule has 2 amide bonds. The third kappa shape index (κ3) is 4.19. The summed E-state index contributed by atoms with van der Waals surface area (Å²) in [5, 5.41) is 8.41. The standard InChI is InChI=1S/C17H13FN4O2S2/c1-9(23)19-10-6-7-13-14(8-10)26-17(20-13)22-16(25)21-15(24)11-4-2-3-5-12(11)18/h2-8H,1H3,(H,19,23)(H2,20,21,22,24,25). The summed E-state index contributed by atoms with van der Waals surface area (Å²) in [7, 11) is 0. The Balaban J connectivity index is 1.70. The highest BCUT2D eigenvalue weighted by atomic mass is 32.1. The highest BCUT2D eigenvalue weighted by Crippen LogP contribution is 2.28. The van der Waals surface area contributed by atoms with Gasteiger partial charge in [0.05, 0.1) is 15.8 Å². The smallest absolute Gasteiger partial charge is 0.260 e. The van der Waals surface area contributed by atoms with Crippen LogP contribution in [0.15, 0.2) is 42.5 Å². The van der Waals surface area contributed by atoms with Gasteiger partial charge in [-0.15, -0.1) is 0 Å². The summed E-state index contributed by atoms with van der Waals surface area (Å²) in [5.74, 6) is -1.43. The van der Waals surface area contributed by atoms with Crippen LogP contribution in [0.4, 0.5) is 15.2 Å². The van der Waals surface area contributed by atoms with E-state index in [4.69, 9.17) is 12.2 Å². The van der Waals surface area contributed by atoms with E-state index in [0.717, 1.165) is 10.2 Å². The molecule has 0 radical (unpaired) electrons. The maximum Gasteiger partial charge on any atom is 0.260 e. The lowest BCUT2D eigenvalue weighted by Crippen LogP contribution is -2.34. The van der Waals surface area contributed by atoms with Gasteiger partial charge in [-0.3, -0.25) is 14.9 Å². The molecule has 3 rings (SSSR count). The zero-order chi connectivity index (χ0) is 18.7. The van der Waals surface area contributed by atoms with Crippen molar-refractivity contribution in [2.24, 2.45) is 0 Å². The molecule has 3 N–H and O–H groups in total. The minimum absolute atomic E-state index is 0.0133. The van der Waals surface area contributed by atoms with Gasteiger partial charge in [-0.05, 0) is 42.5 Å². The van der Waals surface area contributed by atoms with Gasteiger partial charge in [0.2, 0.25) is 5.91 Å². The molecular formula is C17H13FN4O2S2. The van der Waals surface area contributed by atoms with E-state index in [2.05, 4.69) is 20.9 Å². The summed E-state index contributed by atoms with van der Waals surface area (Å²) in [4.78, 5) is 27.5. The Morgan fingerprint density at radius 2 is 1.92 bits per heavy atom. The van der Waals surface area contributed by atoms with Crippen molar-refractivity contribution in [3.8, 4) is 0 Å². The van der Waals surface area contributed by atoms with Gasteiger partial charge in [-0.1, -0.05) is 23.5 Å². The fourth-order valence-electron chi connectivity index (χ4n) is 2.20. The first-order valence-corrected chi connectivity index (χ1v) is 8.70. The van der Waals surface area contributed by atoms with E-state index >= 15 is 0 Å². The zero-order valence-electron chi connectivity index (χ0n) is 13.5. The minimum Gasteiger partial charge on any atom is -0.326 e. The van der Waals surface area contributed by atoms with Gasteiger partial charge in [0, 0.05) is 12.6 Å². The number of carbonyl (C=O) groups is 2. The lowest BCUT2D eigenvalue weighted by molar-refractivity contribution is -0.114. The summed E-state index contributed by atoms with van der Waals surface area (Å²) in [6.07, 6.45) is 0. The number of hydrogen-bond donors (Lipinski definition) is 3. The van der Waals surface area contributed by atoms with Gasteiger partial charge in [0.1, 0.15) is 5.82 Å². The van der Waals surface area contributed by atoms with Crippen LogP contribution in [0.1, 0.15) is 17.3 Å². The molecular weight excluding hydrogens is 375 g/mol. The second-order valence-electron chi connectivity index (χ2n) is 5.27. The molecule has 3 aromatic rings. The second-order valence-corrected chi connectivity index (χ2v) is 6.71. The van der Waals surface area contributed by atoms with Gasteiger partial charge < -0.3 is 10.6 Å². The number of aromatic nitrogens is 1. The maximum atomic E-state index is 13.6. The van der Waals surface area contributed by atoms with Crippen molar-refractivity contribution in [2.75, 3.05) is 10.6 Å².